The van der Waals surface area contributed by atoms with Gasteiger partial charge in [-0.05, 0) is 44.2 Å². The summed E-state index contributed by atoms with van der Waals surface area (Å²) in [6.07, 6.45) is 6.92. The molecular formula is C19H24N4O2. The highest BCUT2D eigenvalue weighted by atomic mass is 16.2. The Labute approximate surface area is 147 Å². The molecule has 0 spiro atoms. The number of pyridine rings is 1. The first-order valence-corrected chi connectivity index (χ1v) is 9.24. The Kier molecular flexibility index (Phi) is 4.42. The predicted molar refractivity (Wildman–Crippen MR) is 96.8 cm³/mol. The van der Waals surface area contributed by atoms with Gasteiger partial charge < -0.3 is 9.80 Å². The Morgan fingerprint density at radius 3 is 2.56 bits per heavy atom. The van der Waals surface area contributed by atoms with E-state index in [1.54, 1.807) is 16.7 Å². The number of aromatic nitrogens is 2. The third kappa shape index (κ3) is 3.25. The Morgan fingerprint density at radius 1 is 1.04 bits per heavy atom. The maximum Gasteiger partial charge on any atom is 0.259 e. The Hall–Kier alpha value is -2.37. The van der Waals surface area contributed by atoms with Crippen molar-refractivity contribution in [2.75, 3.05) is 31.1 Å². The Bertz CT molecular complexity index is 818. The van der Waals surface area contributed by atoms with Crippen molar-refractivity contribution >= 4 is 17.4 Å². The molecule has 132 valence electrons. The topological polar surface area (TPSA) is 57.9 Å². The van der Waals surface area contributed by atoms with Crippen molar-refractivity contribution < 1.29 is 4.79 Å². The molecule has 0 N–H and O–H groups in total. The van der Waals surface area contributed by atoms with Crippen LogP contribution >= 0.6 is 0 Å². The quantitative estimate of drug-likeness (QED) is 0.838. The summed E-state index contributed by atoms with van der Waals surface area (Å²) in [5.41, 5.74) is 0.601. The lowest BCUT2D eigenvalue weighted by Crippen LogP contribution is -2.44. The Morgan fingerprint density at radius 2 is 1.80 bits per heavy atom. The lowest BCUT2D eigenvalue weighted by atomic mass is 9.94. The molecule has 2 aliphatic rings. The number of piperidine rings is 2. The molecule has 2 aromatic rings. The zero-order valence-electron chi connectivity index (χ0n) is 14.4. The van der Waals surface area contributed by atoms with Gasteiger partial charge in [-0.3, -0.25) is 14.0 Å². The van der Waals surface area contributed by atoms with Gasteiger partial charge in [0.05, 0.1) is 0 Å². The molecule has 6 nitrogen and oxygen atoms in total. The van der Waals surface area contributed by atoms with Crippen molar-refractivity contribution in [2.24, 2.45) is 5.92 Å². The number of anilines is 1. The molecule has 0 aromatic carbocycles. The van der Waals surface area contributed by atoms with E-state index in [0.717, 1.165) is 57.7 Å². The van der Waals surface area contributed by atoms with Gasteiger partial charge in [0, 0.05) is 44.4 Å². The number of hydrogen-bond donors (Lipinski definition) is 0. The largest absolute Gasteiger partial charge is 0.356 e. The molecule has 0 saturated carbocycles. The van der Waals surface area contributed by atoms with Gasteiger partial charge in [-0.15, -0.1) is 0 Å². The molecule has 0 bridgehead atoms. The summed E-state index contributed by atoms with van der Waals surface area (Å²) in [6, 6.07) is 7.15. The van der Waals surface area contributed by atoms with Crippen molar-refractivity contribution in [3.63, 3.8) is 0 Å². The molecule has 2 aromatic heterocycles. The fraction of sp³-hybridized carbons (Fsp3) is 0.526. The summed E-state index contributed by atoms with van der Waals surface area (Å²) < 4.78 is 1.55. The highest BCUT2D eigenvalue weighted by Gasteiger charge is 2.29. The normalized spacial score (nSPS) is 19.4. The van der Waals surface area contributed by atoms with Crippen molar-refractivity contribution in [1.29, 1.82) is 0 Å². The minimum Gasteiger partial charge on any atom is -0.356 e. The van der Waals surface area contributed by atoms with Gasteiger partial charge in [-0.2, -0.15) is 0 Å². The fourth-order valence-corrected chi connectivity index (χ4v) is 3.93. The SMILES string of the molecule is O=C(C1CCN(c2cc(=O)n3ccccc3n2)CC1)N1CCCCC1. The summed E-state index contributed by atoms with van der Waals surface area (Å²) in [5.74, 6) is 1.17. The molecule has 0 radical (unpaired) electrons. The third-order valence-electron chi connectivity index (χ3n) is 5.39. The van der Waals surface area contributed by atoms with Gasteiger partial charge in [-0.1, -0.05) is 6.07 Å². The maximum absolute atomic E-state index is 12.7. The molecule has 25 heavy (non-hydrogen) atoms. The molecule has 0 atom stereocenters. The molecule has 2 aliphatic heterocycles. The van der Waals surface area contributed by atoms with E-state index in [1.807, 2.05) is 23.1 Å². The van der Waals surface area contributed by atoms with Crippen molar-refractivity contribution in [1.82, 2.24) is 14.3 Å². The first kappa shape index (κ1) is 16.1. The van der Waals surface area contributed by atoms with E-state index in [4.69, 9.17) is 0 Å². The minimum absolute atomic E-state index is 0.0629. The average Bonchev–Trinajstić information content (AvgIpc) is 2.68. The Balaban J connectivity index is 1.45. The van der Waals surface area contributed by atoms with Crippen LogP contribution in [-0.2, 0) is 4.79 Å². The number of rotatable bonds is 2. The first-order valence-electron chi connectivity index (χ1n) is 9.24. The van der Waals surface area contributed by atoms with E-state index in [-0.39, 0.29) is 11.5 Å². The molecule has 1 amide bonds. The number of likely N-dealkylation sites (tertiary alicyclic amines) is 1. The molecular weight excluding hydrogens is 316 g/mol. The van der Waals surface area contributed by atoms with Crippen LogP contribution in [0.4, 0.5) is 5.82 Å². The van der Waals surface area contributed by atoms with Crippen LogP contribution in [0, 0.1) is 5.92 Å². The standard InChI is InChI=1S/C19H24N4O2/c24-18-14-17(20-16-6-2-5-11-23(16)18)21-12-7-15(8-13-21)19(25)22-9-3-1-4-10-22/h2,5-6,11,14-15H,1,3-4,7-10,12-13H2. The van der Waals surface area contributed by atoms with Gasteiger partial charge in [0.1, 0.15) is 11.5 Å². The van der Waals surface area contributed by atoms with Crippen molar-refractivity contribution in [3.05, 3.63) is 40.8 Å². The van der Waals surface area contributed by atoms with Crippen LogP contribution in [0.15, 0.2) is 35.3 Å². The lowest BCUT2D eigenvalue weighted by Gasteiger charge is -2.36. The molecule has 0 aliphatic carbocycles. The highest BCUT2D eigenvalue weighted by molar-refractivity contribution is 5.79. The third-order valence-corrected chi connectivity index (χ3v) is 5.39. The van der Waals surface area contributed by atoms with Crippen LogP contribution in [0.1, 0.15) is 32.1 Å². The number of carbonyl (C=O) groups excluding carboxylic acids is 1. The van der Waals surface area contributed by atoms with E-state index in [1.165, 1.54) is 6.42 Å². The maximum atomic E-state index is 12.7. The lowest BCUT2D eigenvalue weighted by molar-refractivity contribution is -0.137. The molecule has 0 unspecified atom stereocenters. The number of nitrogens with zero attached hydrogens (tertiary/aromatic N) is 4. The molecule has 6 heteroatoms. The number of carbonyl (C=O) groups is 1. The van der Waals surface area contributed by atoms with Crippen LogP contribution in [0.5, 0.6) is 0 Å². The summed E-state index contributed by atoms with van der Waals surface area (Å²) in [6.45, 7) is 3.39. The van der Waals surface area contributed by atoms with Crippen LogP contribution in [0.3, 0.4) is 0 Å². The molecule has 2 fully saturated rings. The molecule has 4 heterocycles. The van der Waals surface area contributed by atoms with E-state index in [0.29, 0.717) is 11.6 Å². The van der Waals surface area contributed by atoms with E-state index < -0.39 is 0 Å². The highest BCUT2D eigenvalue weighted by Crippen LogP contribution is 2.24. The molecule has 2 saturated heterocycles. The summed E-state index contributed by atoms with van der Waals surface area (Å²) >= 11 is 0. The average molecular weight is 340 g/mol. The monoisotopic (exact) mass is 340 g/mol. The van der Waals surface area contributed by atoms with Gasteiger partial charge in [0.15, 0.2) is 0 Å². The number of hydrogen-bond acceptors (Lipinski definition) is 4. The van der Waals surface area contributed by atoms with Crippen LogP contribution in [0.25, 0.3) is 5.65 Å². The minimum atomic E-state index is -0.0629. The number of amides is 1. The molecule has 4 rings (SSSR count). The van der Waals surface area contributed by atoms with Gasteiger partial charge in [-0.25, -0.2) is 4.98 Å². The summed E-state index contributed by atoms with van der Waals surface area (Å²) in [4.78, 5) is 33.7. The van der Waals surface area contributed by atoms with E-state index >= 15 is 0 Å². The number of fused-ring (bicyclic) bond motifs is 1. The van der Waals surface area contributed by atoms with Crippen LogP contribution in [0.2, 0.25) is 0 Å². The van der Waals surface area contributed by atoms with Gasteiger partial charge >= 0.3 is 0 Å². The van der Waals surface area contributed by atoms with Crippen LogP contribution in [-0.4, -0.2) is 46.4 Å². The van der Waals surface area contributed by atoms with Crippen molar-refractivity contribution in [2.45, 2.75) is 32.1 Å². The second kappa shape index (κ2) is 6.86. The van der Waals surface area contributed by atoms with Crippen LogP contribution < -0.4 is 10.5 Å². The smallest absolute Gasteiger partial charge is 0.259 e. The second-order valence-electron chi connectivity index (χ2n) is 7.03. The van der Waals surface area contributed by atoms with Gasteiger partial charge in [0.25, 0.3) is 5.56 Å². The zero-order chi connectivity index (χ0) is 17.2. The summed E-state index contributed by atoms with van der Waals surface area (Å²) in [5, 5.41) is 0. The van der Waals surface area contributed by atoms with E-state index in [9.17, 15) is 9.59 Å². The summed E-state index contributed by atoms with van der Waals surface area (Å²) in [7, 11) is 0. The first-order chi connectivity index (χ1) is 12.2. The predicted octanol–water partition coefficient (Wildman–Crippen LogP) is 1.92. The van der Waals surface area contributed by atoms with Gasteiger partial charge in [0.2, 0.25) is 5.91 Å². The fourth-order valence-electron chi connectivity index (χ4n) is 3.93. The van der Waals surface area contributed by atoms with E-state index in [2.05, 4.69) is 9.88 Å². The zero-order valence-corrected chi connectivity index (χ0v) is 14.4. The van der Waals surface area contributed by atoms with Crippen molar-refractivity contribution in [3.8, 4) is 0 Å². The second-order valence-corrected chi connectivity index (χ2v) is 7.03.